The SMILES string of the molecule is Cc1c(C(=O)OCc2cc(=O)oc3cc(O)ccc23)cnn1-c1ccc(C(F)(F)F)cn1. The first kappa shape index (κ1) is 21.1. The van der Waals surface area contributed by atoms with Gasteiger partial charge in [-0.3, -0.25) is 0 Å². The summed E-state index contributed by atoms with van der Waals surface area (Å²) in [5, 5.41) is 14.0. The van der Waals surface area contributed by atoms with Crippen molar-refractivity contribution < 1.29 is 32.2 Å². The molecule has 0 atom stereocenters. The van der Waals surface area contributed by atoms with Crippen molar-refractivity contribution in [3.05, 3.63) is 81.6 Å². The quantitative estimate of drug-likeness (QED) is 0.376. The van der Waals surface area contributed by atoms with Gasteiger partial charge in [-0.2, -0.15) is 18.3 Å². The third-order valence-electron chi connectivity index (χ3n) is 4.69. The van der Waals surface area contributed by atoms with Crippen molar-refractivity contribution in [1.29, 1.82) is 0 Å². The molecule has 11 heteroatoms. The Morgan fingerprint density at radius 3 is 2.66 bits per heavy atom. The number of aromatic hydroxyl groups is 1. The van der Waals surface area contributed by atoms with Crippen LogP contribution in [0.1, 0.15) is 27.2 Å². The van der Waals surface area contributed by atoms with Crippen LogP contribution in [0.4, 0.5) is 13.2 Å². The molecule has 0 bridgehead atoms. The minimum absolute atomic E-state index is 0.0802. The van der Waals surface area contributed by atoms with E-state index in [-0.39, 0.29) is 29.3 Å². The predicted octanol–water partition coefficient (Wildman–Crippen LogP) is 3.76. The maximum Gasteiger partial charge on any atom is 0.417 e. The van der Waals surface area contributed by atoms with Crippen molar-refractivity contribution in [2.45, 2.75) is 19.7 Å². The second-order valence-corrected chi connectivity index (χ2v) is 6.81. The van der Waals surface area contributed by atoms with E-state index in [9.17, 15) is 27.9 Å². The van der Waals surface area contributed by atoms with E-state index in [0.29, 0.717) is 22.8 Å². The van der Waals surface area contributed by atoms with E-state index < -0.39 is 23.3 Å². The van der Waals surface area contributed by atoms with Crippen molar-refractivity contribution in [3.8, 4) is 11.6 Å². The third-order valence-corrected chi connectivity index (χ3v) is 4.69. The fourth-order valence-electron chi connectivity index (χ4n) is 3.08. The van der Waals surface area contributed by atoms with E-state index in [4.69, 9.17) is 9.15 Å². The summed E-state index contributed by atoms with van der Waals surface area (Å²) >= 11 is 0. The average Bonchev–Trinajstić information content (AvgIpc) is 3.12. The van der Waals surface area contributed by atoms with Crippen LogP contribution < -0.4 is 5.63 Å². The number of carbonyl (C=O) groups is 1. The molecule has 0 fully saturated rings. The summed E-state index contributed by atoms with van der Waals surface area (Å²) in [5.74, 6) is -0.739. The second-order valence-electron chi connectivity index (χ2n) is 6.81. The van der Waals surface area contributed by atoms with Crippen molar-refractivity contribution in [2.75, 3.05) is 0 Å². The number of alkyl halides is 3. The van der Waals surface area contributed by atoms with E-state index in [2.05, 4.69) is 10.1 Å². The van der Waals surface area contributed by atoms with Gasteiger partial charge < -0.3 is 14.3 Å². The molecule has 0 saturated heterocycles. The van der Waals surface area contributed by atoms with Gasteiger partial charge in [0, 0.05) is 29.3 Å². The van der Waals surface area contributed by atoms with Crippen molar-refractivity contribution in [2.24, 2.45) is 0 Å². The molecule has 3 aromatic heterocycles. The molecule has 0 radical (unpaired) electrons. The highest BCUT2D eigenvalue weighted by Gasteiger charge is 2.31. The minimum Gasteiger partial charge on any atom is -0.508 e. The number of rotatable bonds is 4. The summed E-state index contributed by atoms with van der Waals surface area (Å²) < 4.78 is 49.7. The standard InChI is InChI=1S/C21H14F3N3O5/c1-11-16(9-26-27(11)18-5-2-13(8-25-18)21(22,23)24)20(30)31-10-12-6-19(29)32-17-7-14(28)3-4-15(12)17/h2-9,28H,10H2,1H3. The molecule has 0 aliphatic rings. The van der Waals surface area contributed by atoms with Gasteiger partial charge in [0.15, 0.2) is 5.82 Å². The zero-order valence-corrected chi connectivity index (χ0v) is 16.4. The van der Waals surface area contributed by atoms with Crippen LogP contribution in [0, 0.1) is 6.92 Å². The summed E-state index contributed by atoms with van der Waals surface area (Å²) in [6.45, 7) is 1.28. The van der Waals surface area contributed by atoms with E-state index in [1.54, 1.807) is 0 Å². The molecule has 164 valence electrons. The van der Waals surface area contributed by atoms with Gasteiger partial charge in [-0.25, -0.2) is 19.3 Å². The summed E-state index contributed by atoms with van der Waals surface area (Å²) in [4.78, 5) is 28.1. The number of pyridine rings is 1. The van der Waals surface area contributed by atoms with Gasteiger partial charge in [-0.15, -0.1) is 0 Å². The number of nitrogens with zero attached hydrogens (tertiary/aromatic N) is 3. The molecular weight excluding hydrogens is 431 g/mol. The number of carbonyl (C=O) groups excluding carboxylic acids is 1. The van der Waals surface area contributed by atoms with Gasteiger partial charge in [0.1, 0.15) is 23.5 Å². The number of benzene rings is 1. The van der Waals surface area contributed by atoms with Gasteiger partial charge in [-0.1, -0.05) is 0 Å². The molecule has 0 saturated carbocycles. The van der Waals surface area contributed by atoms with Gasteiger partial charge in [0.2, 0.25) is 0 Å². The van der Waals surface area contributed by atoms with Crippen LogP contribution in [0.5, 0.6) is 5.75 Å². The van der Waals surface area contributed by atoms with E-state index >= 15 is 0 Å². The number of phenols is 1. The van der Waals surface area contributed by atoms with Crippen LogP contribution in [-0.2, 0) is 17.5 Å². The Morgan fingerprint density at radius 1 is 1.19 bits per heavy atom. The molecule has 0 aliphatic heterocycles. The molecule has 0 aliphatic carbocycles. The van der Waals surface area contributed by atoms with Crippen LogP contribution in [-0.4, -0.2) is 25.8 Å². The Labute approximate surface area is 177 Å². The van der Waals surface area contributed by atoms with Crippen molar-refractivity contribution >= 4 is 16.9 Å². The number of ether oxygens (including phenoxy) is 1. The van der Waals surface area contributed by atoms with Gasteiger partial charge in [0.05, 0.1) is 17.5 Å². The van der Waals surface area contributed by atoms with Crippen molar-refractivity contribution in [3.63, 3.8) is 0 Å². The Hall–Kier alpha value is -4.15. The molecule has 0 spiro atoms. The van der Waals surface area contributed by atoms with Crippen LogP contribution >= 0.6 is 0 Å². The Balaban J connectivity index is 1.55. The fraction of sp³-hybridized carbons (Fsp3) is 0.143. The third kappa shape index (κ3) is 4.04. The molecule has 8 nitrogen and oxygen atoms in total. The first-order chi connectivity index (χ1) is 15.1. The maximum absolute atomic E-state index is 12.7. The van der Waals surface area contributed by atoms with E-state index in [1.807, 2.05) is 0 Å². The zero-order chi connectivity index (χ0) is 23.0. The highest BCUT2D eigenvalue weighted by Crippen LogP contribution is 2.29. The first-order valence-electron chi connectivity index (χ1n) is 9.14. The fourth-order valence-corrected chi connectivity index (χ4v) is 3.08. The van der Waals surface area contributed by atoms with Crippen LogP contribution in [0.15, 0.2) is 58.0 Å². The van der Waals surface area contributed by atoms with E-state index in [1.165, 1.54) is 42.1 Å². The molecule has 3 heterocycles. The largest absolute Gasteiger partial charge is 0.508 e. The molecule has 0 amide bonds. The normalized spacial score (nSPS) is 11.6. The summed E-state index contributed by atoms with van der Waals surface area (Å²) in [5.41, 5.74) is -0.675. The first-order valence-corrected chi connectivity index (χ1v) is 9.14. The zero-order valence-electron chi connectivity index (χ0n) is 16.4. The highest BCUT2D eigenvalue weighted by molar-refractivity contribution is 5.90. The molecular formula is C21H14F3N3O5. The highest BCUT2D eigenvalue weighted by atomic mass is 19.4. The molecule has 1 N–H and O–H groups in total. The van der Waals surface area contributed by atoms with Crippen LogP contribution in [0.25, 0.3) is 16.8 Å². The number of hydrogen-bond acceptors (Lipinski definition) is 7. The molecule has 0 unspecified atom stereocenters. The van der Waals surface area contributed by atoms with Gasteiger partial charge >= 0.3 is 17.8 Å². The van der Waals surface area contributed by atoms with Gasteiger partial charge in [-0.05, 0) is 31.2 Å². The lowest BCUT2D eigenvalue weighted by atomic mass is 10.1. The number of fused-ring (bicyclic) bond motifs is 1. The maximum atomic E-state index is 12.7. The van der Waals surface area contributed by atoms with E-state index in [0.717, 1.165) is 12.1 Å². The lowest BCUT2D eigenvalue weighted by Gasteiger charge is -2.09. The number of hydrogen-bond donors (Lipinski definition) is 1. The van der Waals surface area contributed by atoms with Gasteiger partial charge in [0.25, 0.3) is 0 Å². The molecule has 4 rings (SSSR count). The molecule has 1 aromatic carbocycles. The minimum atomic E-state index is -4.52. The Kier molecular flexibility index (Phi) is 5.17. The predicted molar refractivity (Wildman–Crippen MR) is 104 cm³/mol. The van der Waals surface area contributed by atoms with Crippen molar-refractivity contribution in [1.82, 2.24) is 14.8 Å². The van der Waals surface area contributed by atoms with Crippen LogP contribution in [0.3, 0.4) is 0 Å². The summed E-state index contributed by atoms with van der Waals surface area (Å²) in [6.07, 6.45) is -2.62. The lowest BCUT2D eigenvalue weighted by molar-refractivity contribution is -0.137. The monoisotopic (exact) mass is 445 g/mol. The topological polar surface area (TPSA) is 107 Å². The average molecular weight is 445 g/mol. The number of halogens is 3. The lowest BCUT2D eigenvalue weighted by Crippen LogP contribution is -2.10. The molecule has 32 heavy (non-hydrogen) atoms. The summed E-state index contributed by atoms with van der Waals surface area (Å²) in [6, 6.07) is 7.38. The smallest absolute Gasteiger partial charge is 0.417 e. The Bertz CT molecular complexity index is 1370. The number of aromatic nitrogens is 3. The number of phenolic OH excluding ortho intramolecular Hbond substituents is 1. The second kappa shape index (κ2) is 7.84. The Morgan fingerprint density at radius 2 is 1.97 bits per heavy atom. The molecule has 4 aromatic rings. The summed E-state index contributed by atoms with van der Waals surface area (Å²) in [7, 11) is 0. The van der Waals surface area contributed by atoms with Crippen LogP contribution in [0.2, 0.25) is 0 Å². The number of esters is 1.